The zero-order valence-electron chi connectivity index (χ0n) is 10.9. The van der Waals surface area contributed by atoms with E-state index in [0.717, 1.165) is 19.3 Å². The van der Waals surface area contributed by atoms with Gasteiger partial charge in [-0.1, -0.05) is 19.3 Å². The first-order chi connectivity index (χ1) is 7.75. The summed E-state index contributed by atoms with van der Waals surface area (Å²) in [7, 11) is 0. The fraction of sp³-hybridized carbons (Fsp3) is 0.846. The molecule has 0 aromatic heterocycles. The molecular formula is C13H22O4. The van der Waals surface area contributed by atoms with E-state index in [9.17, 15) is 14.7 Å². The number of aliphatic carboxylic acids is 1. The SMILES string of the molecule is CC(C)(C)OC(=O)CC1(C(=O)O)CCCCC1. The van der Waals surface area contributed by atoms with Gasteiger partial charge in [0.1, 0.15) is 5.60 Å². The predicted octanol–water partition coefficient (Wildman–Crippen LogP) is 2.75. The van der Waals surface area contributed by atoms with Crippen LogP contribution >= 0.6 is 0 Å². The minimum Gasteiger partial charge on any atom is -0.481 e. The summed E-state index contributed by atoms with van der Waals surface area (Å²) in [6, 6.07) is 0. The molecule has 17 heavy (non-hydrogen) atoms. The number of hydrogen-bond acceptors (Lipinski definition) is 3. The Morgan fingerprint density at radius 3 is 2.12 bits per heavy atom. The third-order valence-electron chi connectivity index (χ3n) is 3.17. The molecule has 1 aliphatic carbocycles. The lowest BCUT2D eigenvalue weighted by Crippen LogP contribution is -2.37. The molecule has 1 fully saturated rings. The zero-order chi connectivity index (χ0) is 13.1. The lowest BCUT2D eigenvalue weighted by Gasteiger charge is -2.33. The van der Waals surface area contributed by atoms with Gasteiger partial charge in [-0.15, -0.1) is 0 Å². The summed E-state index contributed by atoms with van der Waals surface area (Å²) in [4.78, 5) is 23.1. The molecule has 1 saturated carbocycles. The van der Waals surface area contributed by atoms with Gasteiger partial charge in [-0.25, -0.2) is 0 Å². The zero-order valence-corrected chi connectivity index (χ0v) is 10.9. The second-order valence-corrected chi connectivity index (χ2v) is 5.91. The van der Waals surface area contributed by atoms with Gasteiger partial charge >= 0.3 is 11.9 Å². The first-order valence-electron chi connectivity index (χ1n) is 6.20. The maximum atomic E-state index is 11.8. The number of rotatable bonds is 3. The van der Waals surface area contributed by atoms with Crippen LogP contribution in [0.15, 0.2) is 0 Å². The topological polar surface area (TPSA) is 63.6 Å². The van der Waals surface area contributed by atoms with E-state index < -0.39 is 23.0 Å². The van der Waals surface area contributed by atoms with E-state index in [1.165, 1.54) is 0 Å². The Bertz CT molecular complexity index is 295. The highest BCUT2D eigenvalue weighted by Crippen LogP contribution is 2.40. The van der Waals surface area contributed by atoms with Gasteiger partial charge in [0.25, 0.3) is 0 Å². The summed E-state index contributed by atoms with van der Waals surface area (Å²) in [5.41, 5.74) is -1.44. The average Bonchev–Trinajstić information content (AvgIpc) is 2.15. The molecule has 0 unspecified atom stereocenters. The average molecular weight is 242 g/mol. The van der Waals surface area contributed by atoms with Crippen molar-refractivity contribution >= 4 is 11.9 Å². The van der Waals surface area contributed by atoms with Crippen molar-refractivity contribution in [1.82, 2.24) is 0 Å². The van der Waals surface area contributed by atoms with Crippen LogP contribution in [0.25, 0.3) is 0 Å². The van der Waals surface area contributed by atoms with E-state index in [1.807, 2.05) is 0 Å². The van der Waals surface area contributed by atoms with Crippen molar-refractivity contribution in [2.75, 3.05) is 0 Å². The van der Waals surface area contributed by atoms with Crippen LogP contribution in [-0.4, -0.2) is 22.6 Å². The Balaban J connectivity index is 2.67. The molecule has 0 aliphatic heterocycles. The number of ether oxygens (including phenoxy) is 1. The largest absolute Gasteiger partial charge is 0.481 e. The Labute approximate surface area is 102 Å². The standard InChI is InChI=1S/C13H22O4/c1-12(2,3)17-10(14)9-13(11(15)16)7-5-4-6-8-13/h4-9H2,1-3H3,(H,15,16). The molecule has 0 bridgehead atoms. The number of hydrogen-bond donors (Lipinski definition) is 1. The van der Waals surface area contributed by atoms with Crippen molar-refractivity contribution in [3.8, 4) is 0 Å². The van der Waals surface area contributed by atoms with Gasteiger partial charge in [0.15, 0.2) is 0 Å². The fourth-order valence-corrected chi connectivity index (χ4v) is 2.35. The summed E-state index contributed by atoms with van der Waals surface area (Å²) in [6.07, 6.45) is 4.00. The third-order valence-corrected chi connectivity index (χ3v) is 3.17. The van der Waals surface area contributed by atoms with Gasteiger partial charge in [0.2, 0.25) is 0 Å². The Hall–Kier alpha value is -1.06. The quantitative estimate of drug-likeness (QED) is 0.773. The molecule has 0 radical (unpaired) electrons. The molecule has 0 aromatic carbocycles. The van der Waals surface area contributed by atoms with Crippen molar-refractivity contribution < 1.29 is 19.4 Å². The lowest BCUT2D eigenvalue weighted by atomic mass is 9.72. The maximum absolute atomic E-state index is 11.8. The minimum absolute atomic E-state index is 0.000394. The van der Waals surface area contributed by atoms with Gasteiger partial charge in [-0.3, -0.25) is 9.59 Å². The van der Waals surface area contributed by atoms with Gasteiger partial charge in [-0.2, -0.15) is 0 Å². The monoisotopic (exact) mass is 242 g/mol. The van der Waals surface area contributed by atoms with Crippen LogP contribution in [0.3, 0.4) is 0 Å². The normalized spacial score (nSPS) is 19.7. The van der Waals surface area contributed by atoms with Crippen molar-refractivity contribution in [3.63, 3.8) is 0 Å². The fourth-order valence-electron chi connectivity index (χ4n) is 2.35. The molecule has 98 valence electrons. The maximum Gasteiger partial charge on any atom is 0.310 e. The summed E-state index contributed by atoms with van der Waals surface area (Å²) in [6.45, 7) is 5.37. The molecule has 0 heterocycles. The van der Waals surface area contributed by atoms with E-state index in [1.54, 1.807) is 20.8 Å². The molecule has 4 nitrogen and oxygen atoms in total. The summed E-state index contributed by atoms with van der Waals surface area (Å²) in [5, 5.41) is 9.33. The molecule has 1 rings (SSSR count). The molecule has 0 atom stereocenters. The number of esters is 1. The molecule has 1 aliphatic rings. The Morgan fingerprint density at radius 2 is 1.71 bits per heavy atom. The highest BCUT2D eigenvalue weighted by atomic mass is 16.6. The Kier molecular flexibility index (Phi) is 4.17. The smallest absolute Gasteiger partial charge is 0.310 e. The van der Waals surface area contributed by atoms with Crippen LogP contribution in [0.2, 0.25) is 0 Å². The van der Waals surface area contributed by atoms with Crippen LogP contribution in [0.4, 0.5) is 0 Å². The molecule has 0 spiro atoms. The summed E-state index contributed by atoms with van der Waals surface area (Å²) in [5.74, 6) is -1.26. The van der Waals surface area contributed by atoms with E-state index in [4.69, 9.17) is 4.74 Å². The number of carboxylic acid groups (broad SMARTS) is 1. The van der Waals surface area contributed by atoms with Crippen LogP contribution in [0.5, 0.6) is 0 Å². The first-order valence-corrected chi connectivity index (χ1v) is 6.20. The van der Waals surface area contributed by atoms with E-state index in [2.05, 4.69) is 0 Å². The molecule has 0 saturated heterocycles. The van der Waals surface area contributed by atoms with E-state index >= 15 is 0 Å². The van der Waals surface area contributed by atoms with Crippen LogP contribution < -0.4 is 0 Å². The highest BCUT2D eigenvalue weighted by Gasteiger charge is 2.42. The number of carbonyl (C=O) groups excluding carboxylic acids is 1. The van der Waals surface area contributed by atoms with Gasteiger partial charge in [0, 0.05) is 0 Å². The molecule has 0 amide bonds. The first kappa shape index (κ1) is 14.0. The molecule has 1 N–H and O–H groups in total. The van der Waals surface area contributed by atoms with Gasteiger partial charge in [0.05, 0.1) is 11.8 Å². The Morgan fingerprint density at radius 1 is 1.18 bits per heavy atom. The van der Waals surface area contributed by atoms with Crippen molar-refractivity contribution in [2.45, 2.75) is 64.9 Å². The van der Waals surface area contributed by atoms with E-state index in [-0.39, 0.29) is 6.42 Å². The second kappa shape index (κ2) is 5.07. The highest BCUT2D eigenvalue weighted by molar-refractivity contribution is 5.82. The minimum atomic E-state index is -0.888. The van der Waals surface area contributed by atoms with E-state index in [0.29, 0.717) is 12.8 Å². The van der Waals surface area contributed by atoms with Crippen LogP contribution in [0.1, 0.15) is 59.3 Å². The summed E-state index contributed by atoms with van der Waals surface area (Å²) >= 11 is 0. The molecular weight excluding hydrogens is 220 g/mol. The predicted molar refractivity (Wildman–Crippen MR) is 63.6 cm³/mol. The van der Waals surface area contributed by atoms with Gasteiger partial charge in [-0.05, 0) is 33.6 Å². The van der Waals surface area contributed by atoms with Crippen LogP contribution in [-0.2, 0) is 14.3 Å². The number of carboxylic acids is 1. The number of carbonyl (C=O) groups is 2. The van der Waals surface area contributed by atoms with Crippen molar-refractivity contribution in [3.05, 3.63) is 0 Å². The third kappa shape index (κ3) is 4.02. The summed E-state index contributed by atoms with van der Waals surface area (Å²) < 4.78 is 5.21. The van der Waals surface area contributed by atoms with Crippen LogP contribution in [0, 0.1) is 5.41 Å². The lowest BCUT2D eigenvalue weighted by molar-refractivity contribution is -0.166. The molecule has 0 aromatic rings. The van der Waals surface area contributed by atoms with Gasteiger partial charge < -0.3 is 9.84 Å². The second-order valence-electron chi connectivity index (χ2n) is 5.91. The van der Waals surface area contributed by atoms with Crippen molar-refractivity contribution in [2.24, 2.45) is 5.41 Å². The van der Waals surface area contributed by atoms with Crippen molar-refractivity contribution in [1.29, 1.82) is 0 Å². The molecule has 4 heteroatoms.